The summed E-state index contributed by atoms with van der Waals surface area (Å²) in [5.74, 6) is 0. The lowest BCUT2D eigenvalue weighted by Gasteiger charge is -2.32. The lowest BCUT2D eigenvalue weighted by molar-refractivity contribution is 0.576. The number of hydrogen-bond acceptors (Lipinski definition) is 8. The molecule has 0 unspecified atom stereocenters. The zero-order valence-corrected chi connectivity index (χ0v) is 39.8. The van der Waals surface area contributed by atoms with Crippen molar-refractivity contribution in [3.63, 3.8) is 0 Å². The summed E-state index contributed by atoms with van der Waals surface area (Å²) in [6, 6.07) is 15.0. The van der Waals surface area contributed by atoms with Crippen LogP contribution < -0.4 is 42.5 Å². The van der Waals surface area contributed by atoms with E-state index in [1.165, 1.54) is 202 Å². The molecule has 0 saturated carbocycles. The summed E-state index contributed by atoms with van der Waals surface area (Å²) in [5.41, 5.74) is 44.7. The van der Waals surface area contributed by atoms with Crippen LogP contribution in [0.3, 0.4) is 0 Å². The van der Waals surface area contributed by atoms with Crippen LogP contribution in [0.5, 0.6) is 0 Å². The van der Waals surface area contributed by atoms with Gasteiger partial charge < -0.3 is 42.5 Å². The quantitative estimate of drug-likeness (QED) is 0.150. The predicted octanol–water partition coefficient (Wildman–Crippen LogP) is 11.8. The van der Waals surface area contributed by atoms with Gasteiger partial charge in [-0.05, 0) is 208 Å². The van der Waals surface area contributed by atoms with Crippen LogP contribution in [0.1, 0.15) is 127 Å². The molecule has 8 N–H and O–H groups in total. The number of nitrogen functional groups attached to an aromatic ring is 4. The van der Waals surface area contributed by atoms with Crippen molar-refractivity contribution in [2.24, 2.45) is 0 Å². The fourth-order valence-corrected chi connectivity index (χ4v) is 9.91. The van der Waals surface area contributed by atoms with Crippen LogP contribution in [-0.2, 0) is 0 Å². The second kappa shape index (κ2) is 22.4. The maximum Gasteiger partial charge on any atom is 0.0446 e. The number of rotatable bonds is 4. The molecule has 0 amide bonds. The topological polar surface area (TPSA) is 117 Å². The van der Waals surface area contributed by atoms with Crippen molar-refractivity contribution in [1.29, 1.82) is 0 Å². The minimum absolute atomic E-state index is 0.918. The smallest absolute Gasteiger partial charge is 0.0446 e. The Labute approximate surface area is 371 Å². The van der Waals surface area contributed by atoms with Gasteiger partial charge in [-0.1, -0.05) is 24.3 Å². The van der Waals surface area contributed by atoms with E-state index in [1.807, 2.05) is 6.07 Å². The lowest BCUT2D eigenvalue weighted by Crippen LogP contribution is -2.30. The van der Waals surface area contributed by atoms with E-state index < -0.39 is 0 Å². The van der Waals surface area contributed by atoms with Gasteiger partial charge in [0.15, 0.2) is 0 Å². The van der Waals surface area contributed by atoms with E-state index in [9.17, 15) is 0 Å². The Kier molecular flexibility index (Phi) is 17.4. The van der Waals surface area contributed by atoms with E-state index in [2.05, 4.69) is 118 Å². The molecule has 0 atom stereocenters. The Morgan fingerprint density at radius 2 is 0.721 bits per heavy atom. The fraction of sp³-hybridized carbons (Fsp3) is 0.547. The van der Waals surface area contributed by atoms with Gasteiger partial charge >= 0.3 is 0 Å². The third-order valence-corrected chi connectivity index (χ3v) is 13.7. The van der Waals surface area contributed by atoms with Gasteiger partial charge in [-0.2, -0.15) is 0 Å². The van der Waals surface area contributed by atoms with E-state index in [-0.39, 0.29) is 0 Å². The fourth-order valence-electron chi connectivity index (χ4n) is 9.91. The molecule has 0 aromatic heterocycles. The van der Waals surface area contributed by atoms with Crippen LogP contribution >= 0.6 is 0 Å². The zero-order chi connectivity index (χ0) is 44.2. The van der Waals surface area contributed by atoms with E-state index in [1.54, 1.807) is 0 Å². The highest BCUT2D eigenvalue weighted by Gasteiger charge is 2.19. The molecule has 4 aromatic rings. The molecule has 4 aliphatic rings. The van der Waals surface area contributed by atoms with Crippen molar-refractivity contribution in [3.05, 3.63) is 92.5 Å². The predicted molar refractivity (Wildman–Crippen MR) is 270 cm³/mol. The Morgan fingerprint density at radius 3 is 1.23 bits per heavy atom. The minimum atomic E-state index is 0.918. The van der Waals surface area contributed by atoms with Gasteiger partial charge in [-0.3, -0.25) is 0 Å². The SMILES string of the molecule is Cc1cc(C)c(N2CCCCC2)c(C)c1N.Cc1cc(C)c(N2CCCCC2)cc1N.Cc1ccc(N)c(C)c1N1CCCCC1.Cc1ccc(N2CCCCC2)c(C)c1N. The highest BCUT2D eigenvalue weighted by molar-refractivity contribution is 5.72. The number of hydrogen-bond donors (Lipinski definition) is 4. The van der Waals surface area contributed by atoms with Gasteiger partial charge in [0.05, 0.1) is 0 Å². The third kappa shape index (κ3) is 12.2. The molecule has 0 spiro atoms. The van der Waals surface area contributed by atoms with Crippen molar-refractivity contribution in [2.75, 3.05) is 94.9 Å². The van der Waals surface area contributed by atoms with E-state index in [0.717, 1.165) is 22.7 Å². The van der Waals surface area contributed by atoms with Crippen molar-refractivity contribution in [3.8, 4) is 0 Å². The summed E-state index contributed by atoms with van der Waals surface area (Å²) in [7, 11) is 0. The number of anilines is 8. The molecule has 8 rings (SSSR count). The van der Waals surface area contributed by atoms with E-state index in [0.29, 0.717) is 0 Å². The first-order chi connectivity index (χ1) is 29.2. The van der Waals surface area contributed by atoms with Crippen LogP contribution in [0.15, 0.2) is 42.5 Å². The highest BCUT2D eigenvalue weighted by atomic mass is 15.2. The summed E-state index contributed by atoms with van der Waals surface area (Å²) in [6.07, 6.45) is 16.0. The molecular formula is C53H82N8. The summed E-state index contributed by atoms with van der Waals surface area (Å²) < 4.78 is 0. The first-order valence-electron chi connectivity index (χ1n) is 23.6. The maximum atomic E-state index is 6.13. The monoisotopic (exact) mass is 831 g/mol. The molecule has 8 heteroatoms. The number of nitrogens with zero attached hydrogens (tertiary/aromatic N) is 4. The standard InChI is InChI=1S/C14H22N2.3C13H20N2/c1-10-9-11(2)14(12(3)13(10)15)16-7-5-4-6-8-16;1-10-6-7-12(11(2)13(10)14)15-8-4-3-5-9-15;1-10-6-7-12(14)11(2)13(10)15-8-4-3-5-9-15;1-10-8-11(2)13(9-12(10)14)15-6-4-3-5-7-15/h9H,4-8,15H2,1-3H3;2*6-7H,3-5,8-9,14H2,1-2H3;8-9H,3-7,14H2,1-2H3. The molecular weight excluding hydrogens is 749 g/mol. The molecule has 334 valence electrons. The molecule has 61 heavy (non-hydrogen) atoms. The van der Waals surface area contributed by atoms with Gasteiger partial charge in [0.2, 0.25) is 0 Å². The van der Waals surface area contributed by atoms with E-state index in [4.69, 9.17) is 22.9 Å². The Hall–Kier alpha value is -4.72. The normalized spacial score (nSPS) is 16.7. The first kappa shape index (κ1) is 47.3. The second-order valence-electron chi connectivity index (χ2n) is 18.5. The van der Waals surface area contributed by atoms with E-state index >= 15 is 0 Å². The molecule has 0 radical (unpaired) electrons. The van der Waals surface area contributed by atoms with Gasteiger partial charge in [-0.25, -0.2) is 0 Å². The molecule has 4 fully saturated rings. The maximum absolute atomic E-state index is 6.13. The summed E-state index contributed by atoms with van der Waals surface area (Å²) in [5, 5.41) is 0. The van der Waals surface area contributed by atoms with Crippen molar-refractivity contribution < 1.29 is 0 Å². The molecule has 4 heterocycles. The molecule has 0 aliphatic carbocycles. The van der Waals surface area contributed by atoms with Crippen LogP contribution in [0, 0.1) is 62.3 Å². The average Bonchev–Trinajstić information content (AvgIpc) is 3.27. The molecule has 0 bridgehead atoms. The highest BCUT2D eigenvalue weighted by Crippen LogP contribution is 2.34. The Balaban J connectivity index is 0.000000154. The first-order valence-corrected chi connectivity index (χ1v) is 23.6. The number of piperidine rings is 4. The Bertz CT molecular complexity index is 2010. The third-order valence-electron chi connectivity index (χ3n) is 13.7. The zero-order valence-electron chi connectivity index (χ0n) is 39.8. The summed E-state index contributed by atoms with van der Waals surface area (Å²) in [6.45, 7) is 28.7. The van der Waals surface area contributed by atoms with Crippen LogP contribution in [-0.4, -0.2) is 52.4 Å². The van der Waals surface area contributed by atoms with Gasteiger partial charge in [-0.15, -0.1) is 0 Å². The molecule has 4 aromatic carbocycles. The van der Waals surface area contributed by atoms with Crippen molar-refractivity contribution >= 4 is 45.5 Å². The number of nitrogens with two attached hydrogens (primary N) is 4. The number of benzene rings is 4. The summed E-state index contributed by atoms with van der Waals surface area (Å²) >= 11 is 0. The van der Waals surface area contributed by atoms with Crippen LogP contribution in [0.2, 0.25) is 0 Å². The number of aryl methyl sites for hydroxylation is 6. The second-order valence-corrected chi connectivity index (χ2v) is 18.5. The van der Waals surface area contributed by atoms with Crippen molar-refractivity contribution in [1.82, 2.24) is 0 Å². The van der Waals surface area contributed by atoms with Crippen LogP contribution in [0.25, 0.3) is 0 Å². The molecule has 4 saturated heterocycles. The van der Waals surface area contributed by atoms with Gasteiger partial charge in [0.25, 0.3) is 0 Å². The average molecular weight is 831 g/mol. The lowest BCUT2D eigenvalue weighted by atomic mass is 9.99. The minimum Gasteiger partial charge on any atom is -0.398 e. The van der Waals surface area contributed by atoms with Gasteiger partial charge in [0, 0.05) is 97.9 Å². The largest absolute Gasteiger partial charge is 0.398 e. The Morgan fingerprint density at radius 1 is 0.311 bits per heavy atom. The molecule has 8 nitrogen and oxygen atoms in total. The summed E-state index contributed by atoms with van der Waals surface area (Å²) in [4.78, 5) is 9.93. The van der Waals surface area contributed by atoms with Crippen LogP contribution in [0.4, 0.5) is 45.5 Å². The molecule has 4 aliphatic heterocycles. The van der Waals surface area contributed by atoms with Gasteiger partial charge in [0.1, 0.15) is 0 Å². The van der Waals surface area contributed by atoms with Crippen molar-refractivity contribution in [2.45, 2.75) is 139 Å².